The first kappa shape index (κ1) is 24.4. The molecule has 0 spiro atoms. The minimum atomic E-state index is 0.0395. The van der Waals surface area contributed by atoms with Gasteiger partial charge in [-0.05, 0) is 34.9 Å². The van der Waals surface area contributed by atoms with Crippen molar-refractivity contribution in [3.63, 3.8) is 0 Å². The number of thioether (sulfide) groups is 1. The van der Waals surface area contributed by atoms with E-state index in [-0.39, 0.29) is 11.8 Å². The van der Waals surface area contributed by atoms with Gasteiger partial charge in [0.2, 0.25) is 5.91 Å². The van der Waals surface area contributed by atoms with Crippen LogP contribution in [0, 0.1) is 0 Å². The Morgan fingerprint density at radius 1 is 0.806 bits per heavy atom. The van der Waals surface area contributed by atoms with E-state index in [0.29, 0.717) is 13.0 Å². The van der Waals surface area contributed by atoms with E-state index in [0.717, 1.165) is 38.1 Å². The summed E-state index contributed by atoms with van der Waals surface area (Å²) in [6, 6.07) is 37.3. The predicted octanol–water partition coefficient (Wildman–Crippen LogP) is 8.03. The van der Waals surface area contributed by atoms with Gasteiger partial charge in [-0.1, -0.05) is 107 Å². The first-order valence-electron chi connectivity index (χ1n) is 12.0. The summed E-state index contributed by atoms with van der Waals surface area (Å²) in [5, 5.41) is 4.36. The molecule has 5 heteroatoms. The molecule has 0 saturated carbocycles. The zero-order valence-electron chi connectivity index (χ0n) is 19.8. The lowest BCUT2D eigenvalue weighted by atomic mass is 9.88. The Labute approximate surface area is 224 Å². The van der Waals surface area contributed by atoms with Crippen LogP contribution in [-0.4, -0.2) is 23.2 Å². The number of halogens is 1. The van der Waals surface area contributed by atoms with E-state index in [2.05, 4.69) is 99.0 Å². The number of benzene rings is 4. The molecule has 3 nitrogen and oxygen atoms in total. The van der Waals surface area contributed by atoms with E-state index in [1.54, 1.807) is 11.8 Å². The third-order valence-corrected chi connectivity index (χ3v) is 7.90. The number of carbonyl (C=O) groups excluding carboxylic acids is 1. The second-order valence-electron chi connectivity index (χ2n) is 8.66. The Kier molecular flexibility index (Phi) is 7.89. The molecular weight excluding hydrogens is 528 g/mol. The summed E-state index contributed by atoms with van der Waals surface area (Å²) in [4.78, 5) is 17.8. The van der Waals surface area contributed by atoms with E-state index in [1.807, 2.05) is 36.4 Å². The number of hydrogen-bond acceptors (Lipinski definition) is 2. The fourth-order valence-corrected chi connectivity index (χ4v) is 5.81. The van der Waals surface area contributed by atoms with Crippen LogP contribution < -0.4 is 5.32 Å². The Morgan fingerprint density at radius 3 is 2.08 bits per heavy atom. The van der Waals surface area contributed by atoms with Crippen LogP contribution in [0.2, 0.25) is 0 Å². The highest BCUT2D eigenvalue weighted by molar-refractivity contribution is 9.10. The SMILES string of the molecule is O=C(CC(c1ccccc1)c1ccccc1)NCCSc1c(-c2ccc(Br)cc2)[nH]c2ccccc12. The smallest absolute Gasteiger partial charge is 0.220 e. The van der Waals surface area contributed by atoms with Crippen molar-refractivity contribution in [2.45, 2.75) is 17.2 Å². The van der Waals surface area contributed by atoms with Crippen LogP contribution in [0.4, 0.5) is 0 Å². The average Bonchev–Trinajstić information content (AvgIpc) is 3.29. The second kappa shape index (κ2) is 11.6. The molecule has 1 aromatic heterocycles. The number of carbonyl (C=O) groups is 1. The second-order valence-corrected chi connectivity index (χ2v) is 10.7. The van der Waals surface area contributed by atoms with E-state index in [4.69, 9.17) is 0 Å². The summed E-state index contributed by atoms with van der Waals surface area (Å²) >= 11 is 5.31. The van der Waals surface area contributed by atoms with Gasteiger partial charge in [0.05, 0.1) is 5.69 Å². The molecule has 0 unspecified atom stereocenters. The number of hydrogen-bond donors (Lipinski definition) is 2. The van der Waals surface area contributed by atoms with Crippen LogP contribution in [0.5, 0.6) is 0 Å². The first-order valence-corrected chi connectivity index (χ1v) is 13.8. The number of para-hydroxylation sites is 1. The van der Waals surface area contributed by atoms with Crippen LogP contribution in [0.3, 0.4) is 0 Å². The standard InChI is InChI=1S/C31H27BrN2OS/c32-25-17-15-24(16-18-25)30-31(26-13-7-8-14-28(26)34-30)36-20-19-33-29(35)21-27(22-9-3-1-4-10-22)23-11-5-2-6-12-23/h1-18,27,34H,19-21H2,(H,33,35). The van der Waals surface area contributed by atoms with E-state index in [9.17, 15) is 4.79 Å². The van der Waals surface area contributed by atoms with Crippen LogP contribution in [-0.2, 0) is 4.79 Å². The molecule has 0 aliphatic carbocycles. The Hall–Kier alpha value is -3.28. The van der Waals surface area contributed by atoms with E-state index < -0.39 is 0 Å². The van der Waals surface area contributed by atoms with Gasteiger partial charge in [0.1, 0.15) is 0 Å². The fourth-order valence-electron chi connectivity index (χ4n) is 4.49. The highest BCUT2D eigenvalue weighted by Crippen LogP contribution is 2.38. The topological polar surface area (TPSA) is 44.9 Å². The largest absolute Gasteiger partial charge is 0.355 e. The maximum absolute atomic E-state index is 13.0. The number of amides is 1. The van der Waals surface area contributed by atoms with Crippen molar-refractivity contribution in [3.8, 4) is 11.3 Å². The van der Waals surface area contributed by atoms with Gasteiger partial charge in [0.25, 0.3) is 0 Å². The van der Waals surface area contributed by atoms with Gasteiger partial charge in [0, 0.05) is 44.9 Å². The summed E-state index contributed by atoms with van der Waals surface area (Å²) in [6.07, 6.45) is 0.427. The molecule has 1 heterocycles. The number of rotatable bonds is 9. The highest BCUT2D eigenvalue weighted by atomic mass is 79.9. The summed E-state index contributed by atoms with van der Waals surface area (Å²) in [5.74, 6) is 0.899. The number of aromatic nitrogens is 1. The molecule has 0 aliphatic rings. The number of aromatic amines is 1. The van der Waals surface area contributed by atoms with Gasteiger partial charge < -0.3 is 10.3 Å². The van der Waals surface area contributed by atoms with Crippen molar-refractivity contribution in [2.24, 2.45) is 0 Å². The lowest BCUT2D eigenvalue weighted by molar-refractivity contribution is -0.121. The van der Waals surface area contributed by atoms with Gasteiger partial charge in [0.15, 0.2) is 0 Å². The molecule has 1 amide bonds. The zero-order chi connectivity index (χ0) is 24.7. The van der Waals surface area contributed by atoms with Gasteiger partial charge in [-0.3, -0.25) is 4.79 Å². The van der Waals surface area contributed by atoms with Crippen LogP contribution in [0.25, 0.3) is 22.2 Å². The van der Waals surface area contributed by atoms with E-state index >= 15 is 0 Å². The predicted molar refractivity (Wildman–Crippen MR) is 155 cm³/mol. The molecule has 5 rings (SSSR count). The van der Waals surface area contributed by atoms with Crippen LogP contribution >= 0.6 is 27.7 Å². The minimum absolute atomic E-state index is 0.0395. The maximum atomic E-state index is 13.0. The number of fused-ring (bicyclic) bond motifs is 1. The Bertz CT molecular complexity index is 1390. The van der Waals surface area contributed by atoms with Gasteiger partial charge in [-0.2, -0.15) is 0 Å². The third-order valence-electron chi connectivity index (χ3n) is 6.26. The summed E-state index contributed by atoms with van der Waals surface area (Å²) in [5.41, 5.74) is 5.70. The molecule has 0 radical (unpaired) electrons. The lowest BCUT2D eigenvalue weighted by Crippen LogP contribution is -2.27. The molecule has 180 valence electrons. The molecule has 36 heavy (non-hydrogen) atoms. The molecule has 5 aromatic rings. The third kappa shape index (κ3) is 5.75. The monoisotopic (exact) mass is 554 g/mol. The van der Waals surface area contributed by atoms with Crippen LogP contribution in [0.1, 0.15) is 23.5 Å². The van der Waals surface area contributed by atoms with Crippen LogP contribution in [0.15, 0.2) is 119 Å². The molecule has 0 atom stereocenters. The molecule has 0 fully saturated rings. The van der Waals surface area contributed by atoms with Crippen molar-refractivity contribution in [2.75, 3.05) is 12.3 Å². The summed E-state index contributed by atoms with van der Waals surface area (Å²) < 4.78 is 1.06. The molecule has 0 bridgehead atoms. The molecule has 4 aromatic carbocycles. The van der Waals surface area contributed by atoms with Crippen molar-refractivity contribution in [1.29, 1.82) is 0 Å². The normalized spacial score (nSPS) is 11.2. The lowest BCUT2D eigenvalue weighted by Gasteiger charge is -2.18. The van der Waals surface area contributed by atoms with Gasteiger partial charge >= 0.3 is 0 Å². The zero-order valence-corrected chi connectivity index (χ0v) is 22.2. The van der Waals surface area contributed by atoms with Crippen molar-refractivity contribution in [3.05, 3.63) is 125 Å². The van der Waals surface area contributed by atoms with Crippen molar-refractivity contribution < 1.29 is 4.79 Å². The number of H-pyrrole nitrogens is 1. The quantitative estimate of drug-likeness (QED) is 0.143. The molecule has 2 N–H and O–H groups in total. The molecule has 0 saturated heterocycles. The van der Waals surface area contributed by atoms with Gasteiger partial charge in [-0.15, -0.1) is 11.8 Å². The highest BCUT2D eigenvalue weighted by Gasteiger charge is 2.18. The van der Waals surface area contributed by atoms with Crippen molar-refractivity contribution >= 4 is 44.5 Å². The summed E-state index contributed by atoms with van der Waals surface area (Å²) in [7, 11) is 0. The number of nitrogens with one attached hydrogen (secondary N) is 2. The Balaban J connectivity index is 1.26. The maximum Gasteiger partial charge on any atom is 0.220 e. The molecule has 0 aliphatic heterocycles. The Morgan fingerprint density at radius 2 is 1.42 bits per heavy atom. The first-order chi connectivity index (χ1) is 17.7. The fraction of sp³-hybridized carbons (Fsp3) is 0.129. The average molecular weight is 556 g/mol. The van der Waals surface area contributed by atoms with Crippen molar-refractivity contribution in [1.82, 2.24) is 10.3 Å². The summed E-state index contributed by atoms with van der Waals surface area (Å²) in [6.45, 7) is 0.610. The molecular formula is C31H27BrN2OS. The van der Waals surface area contributed by atoms with E-state index in [1.165, 1.54) is 10.3 Å². The minimum Gasteiger partial charge on any atom is -0.355 e. The van der Waals surface area contributed by atoms with Gasteiger partial charge in [-0.25, -0.2) is 0 Å².